The third kappa shape index (κ3) is 4.10. The van der Waals surface area contributed by atoms with E-state index in [9.17, 15) is 9.18 Å². The molecule has 1 aromatic heterocycles. The molecule has 0 aliphatic carbocycles. The molecular formula is C19H22FN3O. The molecule has 0 atom stereocenters. The number of benzene rings is 1. The Kier molecular flexibility index (Phi) is 5.08. The Morgan fingerprint density at radius 1 is 1.12 bits per heavy atom. The summed E-state index contributed by atoms with van der Waals surface area (Å²) in [5.74, 6) is 0.724. The lowest BCUT2D eigenvalue weighted by Crippen LogP contribution is -2.36. The lowest BCUT2D eigenvalue weighted by atomic mass is 10.1. The van der Waals surface area contributed by atoms with Gasteiger partial charge in [-0.3, -0.25) is 4.79 Å². The van der Waals surface area contributed by atoms with E-state index >= 15 is 0 Å². The van der Waals surface area contributed by atoms with Gasteiger partial charge in [0.25, 0.3) is 0 Å². The molecule has 126 valence electrons. The van der Waals surface area contributed by atoms with Crippen molar-refractivity contribution >= 4 is 11.7 Å². The number of nitrogens with zero attached hydrogens (tertiary/aromatic N) is 3. The van der Waals surface area contributed by atoms with Crippen molar-refractivity contribution in [3.8, 4) is 0 Å². The summed E-state index contributed by atoms with van der Waals surface area (Å²) < 4.78 is 13.3. The van der Waals surface area contributed by atoms with Crippen molar-refractivity contribution in [3.05, 3.63) is 59.5 Å². The van der Waals surface area contributed by atoms with Crippen LogP contribution in [-0.2, 0) is 11.2 Å². The number of anilines is 1. The molecule has 2 heterocycles. The normalized spacial score (nSPS) is 15.2. The number of hydrogen-bond donors (Lipinski definition) is 0. The number of halogens is 1. The molecule has 3 rings (SSSR count). The first kappa shape index (κ1) is 16.4. The Balaban J connectivity index is 1.61. The number of aryl methyl sites for hydroxylation is 1. The molecule has 2 aromatic rings. The third-order valence-corrected chi connectivity index (χ3v) is 4.29. The van der Waals surface area contributed by atoms with E-state index in [-0.39, 0.29) is 18.1 Å². The molecule has 1 saturated heterocycles. The first-order valence-corrected chi connectivity index (χ1v) is 8.32. The van der Waals surface area contributed by atoms with Gasteiger partial charge in [-0.25, -0.2) is 9.37 Å². The average molecular weight is 327 g/mol. The second-order valence-electron chi connectivity index (χ2n) is 6.17. The highest BCUT2D eigenvalue weighted by molar-refractivity contribution is 5.78. The minimum Gasteiger partial charge on any atom is -0.355 e. The van der Waals surface area contributed by atoms with Crippen LogP contribution >= 0.6 is 0 Å². The number of pyridine rings is 1. The highest BCUT2D eigenvalue weighted by atomic mass is 19.1. The van der Waals surface area contributed by atoms with E-state index in [0.29, 0.717) is 6.54 Å². The van der Waals surface area contributed by atoms with E-state index < -0.39 is 0 Å². The summed E-state index contributed by atoms with van der Waals surface area (Å²) in [6.45, 7) is 5.04. The summed E-state index contributed by atoms with van der Waals surface area (Å²) in [7, 11) is 0. The van der Waals surface area contributed by atoms with Gasteiger partial charge in [0.15, 0.2) is 0 Å². The van der Waals surface area contributed by atoms with Crippen LogP contribution in [0.4, 0.5) is 10.2 Å². The first-order valence-electron chi connectivity index (χ1n) is 8.32. The van der Waals surface area contributed by atoms with Crippen LogP contribution in [0.1, 0.15) is 17.7 Å². The average Bonchev–Trinajstić information content (AvgIpc) is 2.81. The van der Waals surface area contributed by atoms with Crippen LogP contribution in [0.3, 0.4) is 0 Å². The van der Waals surface area contributed by atoms with E-state index in [2.05, 4.69) is 9.88 Å². The van der Waals surface area contributed by atoms with Gasteiger partial charge in [-0.1, -0.05) is 18.2 Å². The molecule has 0 unspecified atom stereocenters. The predicted octanol–water partition coefficient (Wildman–Crippen LogP) is 2.81. The van der Waals surface area contributed by atoms with E-state index in [4.69, 9.17) is 0 Å². The van der Waals surface area contributed by atoms with Crippen molar-refractivity contribution in [2.45, 2.75) is 19.8 Å². The number of carbonyl (C=O) groups excluding carboxylic acids is 1. The second-order valence-corrected chi connectivity index (χ2v) is 6.17. The Morgan fingerprint density at radius 2 is 1.96 bits per heavy atom. The molecule has 0 radical (unpaired) electrons. The quantitative estimate of drug-likeness (QED) is 0.870. The fourth-order valence-electron chi connectivity index (χ4n) is 3.03. The lowest BCUT2D eigenvalue weighted by Gasteiger charge is -2.23. The minimum absolute atomic E-state index is 0.0552. The molecular weight excluding hydrogens is 305 g/mol. The smallest absolute Gasteiger partial charge is 0.227 e. The minimum atomic E-state index is -0.298. The van der Waals surface area contributed by atoms with E-state index in [1.165, 1.54) is 12.1 Å². The molecule has 1 fully saturated rings. The molecule has 0 spiro atoms. The molecule has 1 amide bonds. The highest BCUT2D eigenvalue weighted by Gasteiger charge is 2.20. The van der Waals surface area contributed by atoms with Crippen molar-refractivity contribution in [1.29, 1.82) is 0 Å². The predicted molar refractivity (Wildman–Crippen MR) is 92.5 cm³/mol. The Hall–Kier alpha value is -2.43. The third-order valence-electron chi connectivity index (χ3n) is 4.29. The topological polar surface area (TPSA) is 36.4 Å². The fourth-order valence-corrected chi connectivity index (χ4v) is 3.03. The maximum atomic E-state index is 13.3. The van der Waals surface area contributed by atoms with Crippen LogP contribution < -0.4 is 4.90 Å². The molecule has 5 heteroatoms. The number of rotatable bonds is 3. The van der Waals surface area contributed by atoms with Crippen molar-refractivity contribution in [2.24, 2.45) is 0 Å². The summed E-state index contributed by atoms with van der Waals surface area (Å²) in [6.07, 6.45) is 1.16. The van der Waals surface area contributed by atoms with Gasteiger partial charge in [-0.05, 0) is 43.2 Å². The van der Waals surface area contributed by atoms with Gasteiger partial charge >= 0.3 is 0 Å². The van der Waals surface area contributed by atoms with Crippen molar-refractivity contribution in [2.75, 3.05) is 31.1 Å². The zero-order valence-corrected chi connectivity index (χ0v) is 13.9. The van der Waals surface area contributed by atoms with Crippen LogP contribution in [0, 0.1) is 12.7 Å². The van der Waals surface area contributed by atoms with Crippen LogP contribution in [0.25, 0.3) is 0 Å². The zero-order chi connectivity index (χ0) is 16.9. The maximum Gasteiger partial charge on any atom is 0.227 e. The lowest BCUT2D eigenvalue weighted by molar-refractivity contribution is -0.130. The second kappa shape index (κ2) is 7.43. The number of carbonyl (C=O) groups is 1. The Labute approximate surface area is 141 Å². The van der Waals surface area contributed by atoms with Crippen molar-refractivity contribution in [3.63, 3.8) is 0 Å². The monoisotopic (exact) mass is 327 g/mol. The number of aromatic nitrogens is 1. The van der Waals surface area contributed by atoms with Gasteiger partial charge in [0.2, 0.25) is 5.91 Å². The SMILES string of the molecule is Cc1cccc(N2CCCN(C(=O)Cc3cccc(F)c3)CC2)n1. The van der Waals surface area contributed by atoms with Gasteiger partial charge in [-0.15, -0.1) is 0 Å². The van der Waals surface area contributed by atoms with Gasteiger partial charge in [0.1, 0.15) is 11.6 Å². The fraction of sp³-hybridized carbons (Fsp3) is 0.368. The van der Waals surface area contributed by atoms with Gasteiger partial charge < -0.3 is 9.80 Å². The van der Waals surface area contributed by atoms with E-state index in [0.717, 1.165) is 43.1 Å². The molecule has 0 bridgehead atoms. The molecule has 1 aromatic carbocycles. The van der Waals surface area contributed by atoms with Crippen molar-refractivity contribution in [1.82, 2.24) is 9.88 Å². The standard InChI is InChI=1S/C19H22FN3O/c1-15-5-2-8-18(21-15)22-9-4-10-23(12-11-22)19(24)14-16-6-3-7-17(20)13-16/h2-3,5-8,13H,4,9-12,14H2,1H3. The molecule has 1 aliphatic rings. The Bertz CT molecular complexity index is 719. The molecule has 4 nitrogen and oxygen atoms in total. The number of hydrogen-bond acceptors (Lipinski definition) is 3. The van der Waals surface area contributed by atoms with Crippen LogP contribution in [-0.4, -0.2) is 42.0 Å². The molecule has 0 saturated carbocycles. The summed E-state index contributed by atoms with van der Waals surface area (Å²) >= 11 is 0. The van der Waals surface area contributed by atoms with Crippen molar-refractivity contribution < 1.29 is 9.18 Å². The van der Waals surface area contributed by atoms with Gasteiger partial charge in [0.05, 0.1) is 6.42 Å². The summed E-state index contributed by atoms with van der Waals surface area (Å²) in [6, 6.07) is 12.3. The van der Waals surface area contributed by atoms with Crippen LogP contribution in [0.15, 0.2) is 42.5 Å². The summed E-state index contributed by atoms with van der Waals surface area (Å²) in [4.78, 5) is 21.2. The van der Waals surface area contributed by atoms with E-state index in [1.54, 1.807) is 12.1 Å². The highest BCUT2D eigenvalue weighted by Crippen LogP contribution is 2.15. The maximum absolute atomic E-state index is 13.3. The Morgan fingerprint density at radius 3 is 2.75 bits per heavy atom. The number of amides is 1. The largest absolute Gasteiger partial charge is 0.355 e. The summed E-state index contributed by atoms with van der Waals surface area (Å²) in [5.41, 5.74) is 1.72. The zero-order valence-electron chi connectivity index (χ0n) is 13.9. The van der Waals surface area contributed by atoms with Crippen LogP contribution in [0.5, 0.6) is 0 Å². The molecule has 1 aliphatic heterocycles. The molecule has 0 N–H and O–H groups in total. The summed E-state index contributed by atoms with van der Waals surface area (Å²) in [5, 5.41) is 0. The van der Waals surface area contributed by atoms with Crippen LogP contribution in [0.2, 0.25) is 0 Å². The first-order chi connectivity index (χ1) is 11.6. The van der Waals surface area contributed by atoms with E-state index in [1.807, 2.05) is 30.0 Å². The van der Waals surface area contributed by atoms with Gasteiger partial charge in [-0.2, -0.15) is 0 Å². The molecule has 24 heavy (non-hydrogen) atoms. The van der Waals surface area contributed by atoms with Gasteiger partial charge in [0, 0.05) is 31.9 Å².